The zero-order chi connectivity index (χ0) is 18.9. The lowest BCUT2D eigenvalue weighted by molar-refractivity contribution is -0.123. The summed E-state index contributed by atoms with van der Waals surface area (Å²) in [4.78, 5) is 24.8. The third-order valence-electron chi connectivity index (χ3n) is 4.14. The Hall–Kier alpha value is -2.82. The largest absolute Gasteiger partial charge is 0.497 e. The van der Waals surface area contributed by atoms with Gasteiger partial charge in [-0.25, -0.2) is 0 Å². The zero-order valence-corrected chi connectivity index (χ0v) is 15.5. The minimum atomic E-state index is -0.571. The standard InChI is InChI=1S/C21H26N2O3/c1-15(2)19(23-20(24)17-7-5-4-6-8-17)21(25)22-14-13-16-9-11-18(26-3)12-10-16/h4-12,15,19H,13-14H2,1-3H3,(H,22,25)(H,23,24)/t19-/m1/s1. The fraction of sp³-hybridized carbons (Fsp3) is 0.333. The van der Waals surface area contributed by atoms with E-state index in [-0.39, 0.29) is 17.7 Å². The summed E-state index contributed by atoms with van der Waals surface area (Å²) < 4.78 is 5.13. The Balaban J connectivity index is 1.88. The molecule has 5 heteroatoms. The van der Waals surface area contributed by atoms with Gasteiger partial charge >= 0.3 is 0 Å². The Morgan fingerprint density at radius 3 is 2.23 bits per heavy atom. The van der Waals surface area contributed by atoms with Gasteiger partial charge in [0.2, 0.25) is 5.91 Å². The molecule has 2 aromatic rings. The number of carbonyl (C=O) groups is 2. The van der Waals surface area contributed by atoms with E-state index < -0.39 is 6.04 Å². The molecule has 0 aliphatic carbocycles. The van der Waals surface area contributed by atoms with Crippen molar-refractivity contribution in [2.45, 2.75) is 26.3 Å². The lowest BCUT2D eigenvalue weighted by atomic mass is 10.0. The number of hydrogen-bond acceptors (Lipinski definition) is 3. The fourth-order valence-electron chi connectivity index (χ4n) is 2.58. The Morgan fingerprint density at radius 2 is 1.65 bits per heavy atom. The van der Waals surface area contributed by atoms with Crippen LogP contribution >= 0.6 is 0 Å². The van der Waals surface area contributed by atoms with Crippen molar-refractivity contribution in [3.8, 4) is 5.75 Å². The molecule has 0 aliphatic heterocycles. The van der Waals surface area contributed by atoms with Crippen molar-refractivity contribution in [1.82, 2.24) is 10.6 Å². The van der Waals surface area contributed by atoms with Crippen LogP contribution in [0.1, 0.15) is 29.8 Å². The van der Waals surface area contributed by atoms with E-state index in [0.29, 0.717) is 18.5 Å². The van der Waals surface area contributed by atoms with Crippen LogP contribution in [0.3, 0.4) is 0 Å². The first-order valence-electron chi connectivity index (χ1n) is 8.78. The highest BCUT2D eigenvalue weighted by Gasteiger charge is 2.24. The number of carbonyl (C=O) groups excluding carboxylic acids is 2. The summed E-state index contributed by atoms with van der Waals surface area (Å²) in [6.07, 6.45) is 0.715. The average Bonchev–Trinajstić information content (AvgIpc) is 2.66. The SMILES string of the molecule is COc1ccc(CCNC(=O)[C@H](NC(=O)c2ccccc2)C(C)C)cc1. The Labute approximate surface area is 154 Å². The molecule has 138 valence electrons. The van der Waals surface area contributed by atoms with Crippen LogP contribution in [0.25, 0.3) is 0 Å². The van der Waals surface area contributed by atoms with E-state index in [1.165, 1.54) is 0 Å². The van der Waals surface area contributed by atoms with Gasteiger partial charge in [0.15, 0.2) is 0 Å². The maximum absolute atomic E-state index is 12.5. The summed E-state index contributed by atoms with van der Waals surface area (Å²) in [7, 11) is 1.63. The summed E-state index contributed by atoms with van der Waals surface area (Å²) in [6, 6.07) is 16.1. The van der Waals surface area contributed by atoms with Gasteiger partial charge in [0.05, 0.1) is 7.11 Å². The number of nitrogens with one attached hydrogen (secondary N) is 2. The highest BCUT2D eigenvalue weighted by molar-refractivity contribution is 5.97. The smallest absolute Gasteiger partial charge is 0.251 e. The predicted octanol–water partition coefficient (Wildman–Crippen LogP) is 2.81. The van der Waals surface area contributed by atoms with Gasteiger partial charge in [0.25, 0.3) is 5.91 Å². The summed E-state index contributed by atoms with van der Waals surface area (Å²) in [6.45, 7) is 4.34. The van der Waals surface area contributed by atoms with E-state index in [1.807, 2.05) is 44.2 Å². The molecule has 2 rings (SSSR count). The molecule has 2 aromatic carbocycles. The Bertz CT molecular complexity index is 712. The first-order valence-corrected chi connectivity index (χ1v) is 8.78. The molecule has 0 unspecified atom stereocenters. The van der Waals surface area contributed by atoms with Crippen LogP contribution in [0.4, 0.5) is 0 Å². The maximum atomic E-state index is 12.5. The summed E-state index contributed by atoms with van der Waals surface area (Å²) >= 11 is 0. The fourth-order valence-corrected chi connectivity index (χ4v) is 2.58. The molecule has 0 fully saturated rings. The highest BCUT2D eigenvalue weighted by Crippen LogP contribution is 2.11. The first-order chi connectivity index (χ1) is 12.5. The van der Waals surface area contributed by atoms with Gasteiger partial charge in [0, 0.05) is 12.1 Å². The minimum Gasteiger partial charge on any atom is -0.497 e. The molecule has 0 aliphatic rings. The second kappa shape index (κ2) is 9.61. The van der Waals surface area contributed by atoms with Gasteiger partial charge in [-0.3, -0.25) is 9.59 Å². The topological polar surface area (TPSA) is 67.4 Å². The molecule has 0 spiro atoms. The molecular formula is C21H26N2O3. The summed E-state index contributed by atoms with van der Waals surface area (Å²) in [5.74, 6) is 0.386. The van der Waals surface area contributed by atoms with E-state index in [2.05, 4.69) is 10.6 Å². The Morgan fingerprint density at radius 1 is 1.00 bits per heavy atom. The van der Waals surface area contributed by atoms with Crippen LogP contribution in [0.2, 0.25) is 0 Å². The lowest BCUT2D eigenvalue weighted by Gasteiger charge is -2.21. The number of ether oxygens (including phenoxy) is 1. The van der Waals surface area contributed by atoms with Crippen LogP contribution in [0.5, 0.6) is 5.75 Å². The number of rotatable bonds is 8. The molecule has 1 atom stereocenters. The van der Waals surface area contributed by atoms with E-state index >= 15 is 0 Å². The second-order valence-corrected chi connectivity index (χ2v) is 6.45. The predicted molar refractivity (Wildman–Crippen MR) is 102 cm³/mol. The van der Waals surface area contributed by atoms with E-state index in [0.717, 1.165) is 11.3 Å². The summed E-state index contributed by atoms with van der Waals surface area (Å²) in [5, 5.41) is 5.74. The molecule has 2 N–H and O–H groups in total. The number of benzene rings is 2. The highest BCUT2D eigenvalue weighted by atomic mass is 16.5. The number of amides is 2. The minimum absolute atomic E-state index is 0.0105. The van der Waals surface area contributed by atoms with Crippen LogP contribution in [0, 0.1) is 5.92 Å². The van der Waals surface area contributed by atoms with Crippen LogP contribution in [-0.4, -0.2) is 31.5 Å². The number of methoxy groups -OCH3 is 1. The molecule has 0 saturated carbocycles. The van der Waals surface area contributed by atoms with E-state index in [1.54, 1.807) is 31.4 Å². The molecule has 0 saturated heterocycles. The third-order valence-corrected chi connectivity index (χ3v) is 4.14. The van der Waals surface area contributed by atoms with Gasteiger partial charge in [-0.05, 0) is 42.2 Å². The molecule has 5 nitrogen and oxygen atoms in total. The third kappa shape index (κ3) is 5.62. The molecule has 0 heterocycles. The van der Waals surface area contributed by atoms with Crippen molar-refractivity contribution >= 4 is 11.8 Å². The second-order valence-electron chi connectivity index (χ2n) is 6.45. The van der Waals surface area contributed by atoms with Crippen LogP contribution in [0.15, 0.2) is 54.6 Å². The molecular weight excluding hydrogens is 328 g/mol. The quantitative estimate of drug-likeness (QED) is 0.766. The molecule has 0 bridgehead atoms. The molecule has 0 radical (unpaired) electrons. The van der Waals surface area contributed by atoms with Gasteiger partial charge in [-0.2, -0.15) is 0 Å². The van der Waals surface area contributed by atoms with Crippen LogP contribution < -0.4 is 15.4 Å². The normalized spacial score (nSPS) is 11.7. The summed E-state index contributed by atoms with van der Waals surface area (Å²) in [5.41, 5.74) is 1.66. The molecule has 2 amide bonds. The molecule has 26 heavy (non-hydrogen) atoms. The monoisotopic (exact) mass is 354 g/mol. The van der Waals surface area contributed by atoms with Crippen molar-refractivity contribution in [3.05, 3.63) is 65.7 Å². The van der Waals surface area contributed by atoms with Crippen molar-refractivity contribution in [2.24, 2.45) is 5.92 Å². The van der Waals surface area contributed by atoms with Gasteiger partial charge < -0.3 is 15.4 Å². The maximum Gasteiger partial charge on any atom is 0.251 e. The van der Waals surface area contributed by atoms with Gasteiger partial charge in [0.1, 0.15) is 11.8 Å². The average molecular weight is 354 g/mol. The van der Waals surface area contributed by atoms with Crippen LogP contribution in [-0.2, 0) is 11.2 Å². The van der Waals surface area contributed by atoms with E-state index in [9.17, 15) is 9.59 Å². The van der Waals surface area contributed by atoms with Crippen molar-refractivity contribution in [1.29, 1.82) is 0 Å². The first kappa shape index (κ1) is 19.5. The Kier molecular flexibility index (Phi) is 7.21. The molecule has 0 aromatic heterocycles. The van der Waals surface area contributed by atoms with Gasteiger partial charge in [-0.1, -0.05) is 44.2 Å². The van der Waals surface area contributed by atoms with Crippen molar-refractivity contribution in [2.75, 3.05) is 13.7 Å². The van der Waals surface area contributed by atoms with Crippen molar-refractivity contribution < 1.29 is 14.3 Å². The number of hydrogen-bond donors (Lipinski definition) is 2. The van der Waals surface area contributed by atoms with E-state index in [4.69, 9.17) is 4.74 Å². The van der Waals surface area contributed by atoms with Gasteiger partial charge in [-0.15, -0.1) is 0 Å². The zero-order valence-electron chi connectivity index (χ0n) is 15.5. The van der Waals surface area contributed by atoms with Crippen molar-refractivity contribution in [3.63, 3.8) is 0 Å². The lowest BCUT2D eigenvalue weighted by Crippen LogP contribution is -2.50.